The Hall–Kier alpha value is -2.00. The topological polar surface area (TPSA) is 55.5 Å². The van der Waals surface area contributed by atoms with Crippen molar-refractivity contribution >= 4 is 5.69 Å². The smallest absolute Gasteiger partial charge is 0.129 e. The molecule has 0 unspecified atom stereocenters. The lowest BCUT2D eigenvalue weighted by molar-refractivity contribution is 0.281. The molecular formula is C13H13NO2. The second-order valence-corrected chi connectivity index (χ2v) is 3.48. The molecule has 2 aromatic rings. The standard InChI is InChI=1S/C13H13NO2/c14-11-2-1-3-13(8-11)16-12-6-4-10(9-15)5-7-12/h1-8,15H,9,14H2. The summed E-state index contributed by atoms with van der Waals surface area (Å²) in [5, 5.41) is 8.90. The Bertz CT molecular complexity index is 466. The van der Waals surface area contributed by atoms with Crippen LogP contribution in [-0.2, 0) is 6.61 Å². The maximum absolute atomic E-state index is 8.90. The molecule has 3 N–H and O–H groups in total. The van der Waals surface area contributed by atoms with Crippen LogP contribution in [0.5, 0.6) is 11.5 Å². The molecule has 0 bridgehead atoms. The van der Waals surface area contributed by atoms with Gasteiger partial charge in [-0.05, 0) is 29.8 Å². The first-order valence-corrected chi connectivity index (χ1v) is 5.01. The van der Waals surface area contributed by atoms with Crippen LogP contribution in [0.4, 0.5) is 5.69 Å². The second kappa shape index (κ2) is 4.68. The van der Waals surface area contributed by atoms with E-state index in [0.717, 1.165) is 11.3 Å². The number of nitrogen functional groups attached to an aromatic ring is 1. The van der Waals surface area contributed by atoms with Gasteiger partial charge in [0, 0.05) is 11.8 Å². The molecule has 82 valence electrons. The van der Waals surface area contributed by atoms with Crippen LogP contribution in [0, 0.1) is 0 Å². The Balaban J connectivity index is 2.14. The van der Waals surface area contributed by atoms with Crippen LogP contribution >= 0.6 is 0 Å². The van der Waals surface area contributed by atoms with E-state index >= 15 is 0 Å². The van der Waals surface area contributed by atoms with Gasteiger partial charge in [0.05, 0.1) is 6.61 Å². The Morgan fingerprint density at radius 2 is 1.75 bits per heavy atom. The van der Waals surface area contributed by atoms with Crippen LogP contribution in [0.25, 0.3) is 0 Å². The number of benzene rings is 2. The normalized spacial score (nSPS) is 10.1. The maximum atomic E-state index is 8.90. The van der Waals surface area contributed by atoms with Crippen molar-refractivity contribution < 1.29 is 9.84 Å². The fourth-order valence-corrected chi connectivity index (χ4v) is 1.38. The van der Waals surface area contributed by atoms with Crippen molar-refractivity contribution in [3.63, 3.8) is 0 Å². The molecule has 0 spiro atoms. The van der Waals surface area contributed by atoms with Gasteiger partial charge in [0.2, 0.25) is 0 Å². The van der Waals surface area contributed by atoms with Gasteiger partial charge < -0.3 is 15.6 Å². The number of rotatable bonds is 3. The molecule has 0 saturated carbocycles. The molecule has 0 saturated heterocycles. The highest BCUT2D eigenvalue weighted by Gasteiger charge is 1.97. The number of anilines is 1. The zero-order valence-corrected chi connectivity index (χ0v) is 8.76. The van der Waals surface area contributed by atoms with Crippen LogP contribution in [0.15, 0.2) is 48.5 Å². The van der Waals surface area contributed by atoms with E-state index in [1.165, 1.54) is 0 Å². The first-order valence-electron chi connectivity index (χ1n) is 5.01. The van der Waals surface area contributed by atoms with Crippen molar-refractivity contribution in [2.45, 2.75) is 6.61 Å². The van der Waals surface area contributed by atoms with E-state index in [0.29, 0.717) is 11.4 Å². The summed E-state index contributed by atoms with van der Waals surface area (Å²) in [5.74, 6) is 1.43. The number of aliphatic hydroxyl groups is 1. The highest BCUT2D eigenvalue weighted by molar-refractivity contribution is 5.45. The van der Waals surface area contributed by atoms with E-state index in [4.69, 9.17) is 15.6 Å². The van der Waals surface area contributed by atoms with Crippen molar-refractivity contribution in [1.29, 1.82) is 0 Å². The molecule has 2 rings (SSSR count). The maximum Gasteiger partial charge on any atom is 0.129 e. The van der Waals surface area contributed by atoms with Gasteiger partial charge in [0.1, 0.15) is 11.5 Å². The number of hydrogen-bond donors (Lipinski definition) is 2. The molecule has 3 heteroatoms. The highest BCUT2D eigenvalue weighted by atomic mass is 16.5. The lowest BCUT2D eigenvalue weighted by atomic mass is 10.2. The third-order valence-corrected chi connectivity index (χ3v) is 2.20. The minimum Gasteiger partial charge on any atom is -0.457 e. The molecule has 2 aromatic carbocycles. The number of nitrogens with two attached hydrogens (primary N) is 1. The van der Waals surface area contributed by atoms with Gasteiger partial charge in [0.25, 0.3) is 0 Å². The molecule has 0 aliphatic carbocycles. The highest BCUT2D eigenvalue weighted by Crippen LogP contribution is 2.23. The summed E-state index contributed by atoms with van der Waals surface area (Å²) in [6, 6.07) is 14.5. The Labute approximate surface area is 94.1 Å². The predicted molar refractivity (Wildman–Crippen MR) is 63.3 cm³/mol. The summed E-state index contributed by atoms with van der Waals surface area (Å²) >= 11 is 0. The van der Waals surface area contributed by atoms with Gasteiger partial charge in [-0.25, -0.2) is 0 Å². The van der Waals surface area contributed by atoms with Gasteiger partial charge in [-0.15, -0.1) is 0 Å². The summed E-state index contributed by atoms with van der Waals surface area (Å²) in [6.45, 7) is 0.0402. The zero-order valence-electron chi connectivity index (χ0n) is 8.76. The fourth-order valence-electron chi connectivity index (χ4n) is 1.38. The molecule has 0 radical (unpaired) electrons. The molecule has 0 atom stereocenters. The predicted octanol–water partition coefficient (Wildman–Crippen LogP) is 2.55. The summed E-state index contributed by atoms with van der Waals surface area (Å²) in [6.07, 6.45) is 0. The van der Waals surface area contributed by atoms with Gasteiger partial charge in [0.15, 0.2) is 0 Å². The fraction of sp³-hybridized carbons (Fsp3) is 0.0769. The molecule has 0 aliphatic rings. The Morgan fingerprint density at radius 1 is 1.00 bits per heavy atom. The molecule has 0 fully saturated rings. The van der Waals surface area contributed by atoms with Crippen molar-refractivity contribution in [3.8, 4) is 11.5 Å². The Morgan fingerprint density at radius 3 is 2.38 bits per heavy atom. The minimum absolute atomic E-state index is 0.0402. The quantitative estimate of drug-likeness (QED) is 0.773. The molecule has 0 heterocycles. The average Bonchev–Trinajstić information content (AvgIpc) is 2.30. The van der Waals surface area contributed by atoms with Gasteiger partial charge in [-0.3, -0.25) is 0 Å². The SMILES string of the molecule is Nc1cccc(Oc2ccc(CO)cc2)c1. The minimum atomic E-state index is 0.0402. The van der Waals surface area contributed by atoms with E-state index in [9.17, 15) is 0 Å². The molecule has 0 amide bonds. The third-order valence-electron chi connectivity index (χ3n) is 2.20. The van der Waals surface area contributed by atoms with Crippen LogP contribution in [0.2, 0.25) is 0 Å². The second-order valence-electron chi connectivity index (χ2n) is 3.48. The first kappa shape index (κ1) is 10.5. The van der Waals surface area contributed by atoms with E-state index < -0.39 is 0 Å². The van der Waals surface area contributed by atoms with Crippen LogP contribution in [0.3, 0.4) is 0 Å². The van der Waals surface area contributed by atoms with Crippen molar-refractivity contribution in [1.82, 2.24) is 0 Å². The lowest BCUT2D eigenvalue weighted by Gasteiger charge is -2.06. The number of hydrogen-bond acceptors (Lipinski definition) is 3. The van der Waals surface area contributed by atoms with Crippen molar-refractivity contribution in [3.05, 3.63) is 54.1 Å². The molecule has 3 nitrogen and oxygen atoms in total. The summed E-state index contributed by atoms with van der Waals surface area (Å²) < 4.78 is 5.60. The van der Waals surface area contributed by atoms with Crippen LogP contribution in [-0.4, -0.2) is 5.11 Å². The average molecular weight is 215 g/mol. The van der Waals surface area contributed by atoms with Crippen molar-refractivity contribution in [2.24, 2.45) is 0 Å². The summed E-state index contributed by atoms with van der Waals surface area (Å²) in [4.78, 5) is 0. The third kappa shape index (κ3) is 2.52. The van der Waals surface area contributed by atoms with Crippen LogP contribution < -0.4 is 10.5 Å². The molecular weight excluding hydrogens is 202 g/mol. The number of ether oxygens (including phenoxy) is 1. The molecule has 0 aliphatic heterocycles. The Kier molecular flexibility index (Phi) is 3.08. The van der Waals surface area contributed by atoms with Gasteiger partial charge >= 0.3 is 0 Å². The van der Waals surface area contributed by atoms with Crippen LogP contribution in [0.1, 0.15) is 5.56 Å². The molecule has 16 heavy (non-hydrogen) atoms. The van der Waals surface area contributed by atoms with E-state index in [2.05, 4.69) is 0 Å². The zero-order chi connectivity index (χ0) is 11.4. The largest absolute Gasteiger partial charge is 0.457 e. The number of aliphatic hydroxyl groups excluding tert-OH is 1. The van der Waals surface area contributed by atoms with E-state index in [1.54, 1.807) is 6.07 Å². The first-order chi connectivity index (χ1) is 7.78. The van der Waals surface area contributed by atoms with Gasteiger partial charge in [-0.2, -0.15) is 0 Å². The summed E-state index contributed by atoms with van der Waals surface area (Å²) in [7, 11) is 0. The van der Waals surface area contributed by atoms with Gasteiger partial charge in [-0.1, -0.05) is 18.2 Å². The summed E-state index contributed by atoms with van der Waals surface area (Å²) in [5.41, 5.74) is 7.18. The van der Waals surface area contributed by atoms with E-state index in [-0.39, 0.29) is 6.61 Å². The molecule has 0 aromatic heterocycles. The monoisotopic (exact) mass is 215 g/mol. The van der Waals surface area contributed by atoms with Crippen molar-refractivity contribution in [2.75, 3.05) is 5.73 Å². The lowest BCUT2D eigenvalue weighted by Crippen LogP contribution is -1.88. The van der Waals surface area contributed by atoms with E-state index in [1.807, 2.05) is 42.5 Å².